The number of nitrogen functional groups attached to an aromatic ring is 1. The van der Waals surface area contributed by atoms with Crippen molar-refractivity contribution in [1.82, 2.24) is 15.5 Å². The normalized spacial score (nSPS) is 24.7. The van der Waals surface area contributed by atoms with E-state index >= 15 is 0 Å². The van der Waals surface area contributed by atoms with Crippen molar-refractivity contribution in [2.75, 3.05) is 5.73 Å². The molecule has 0 aromatic carbocycles. The summed E-state index contributed by atoms with van der Waals surface area (Å²) in [4.78, 5) is 11.6. The molecule has 0 radical (unpaired) electrons. The maximum atomic E-state index is 11.6. The molecule has 6 heteroatoms. The van der Waals surface area contributed by atoms with E-state index < -0.39 is 0 Å². The first-order valence-corrected chi connectivity index (χ1v) is 4.87. The first-order valence-electron chi connectivity index (χ1n) is 4.87. The third-order valence-electron chi connectivity index (χ3n) is 2.66. The minimum atomic E-state index is -0.284. The van der Waals surface area contributed by atoms with Crippen molar-refractivity contribution < 1.29 is 9.90 Å². The van der Waals surface area contributed by atoms with E-state index in [0.717, 1.165) is 0 Å². The van der Waals surface area contributed by atoms with Crippen LogP contribution in [0, 0.1) is 6.92 Å². The van der Waals surface area contributed by atoms with Gasteiger partial charge in [0.15, 0.2) is 5.69 Å². The van der Waals surface area contributed by atoms with Gasteiger partial charge < -0.3 is 16.2 Å². The Morgan fingerprint density at radius 2 is 2.33 bits per heavy atom. The summed E-state index contributed by atoms with van der Waals surface area (Å²) in [6.45, 7) is 1.76. The van der Waals surface area contributed by atoms with Gasteiger partial charge in [-0.3, -0.25) is 9.89 Å². The largest absolute Gasteiger partial charge is 0.395 e. The molecule has 0 spiro atoms. The van der Waals surface area contributed by atoms with Crippen LogP contribution < -0.4 is 11.1 Å². The number of nitrogens with two attached hydrogens (primary N) is 1. The van der Waals surface area contributed by atoms with Crippen LogP contribution in [-0.2, 0) is 0 Å². The van der Waals surface area contributed by atoms with E-state index in [1.54, 1.807) is 6.92 Å². The summed E-state index contributed by atoms with van der Waals surface area (Å²) < 4.78 is 0. The Hall–Kier alpha value is -1.56. The van der Waals surface area contributed by atoms with Crippen molar-refractivity contribution in [1.29, 1.82) is 0 Å². The number of aromatic nitrogens is 2. The summed E-state index contributed by atoms with van der Waals surface area (Å²) in [6.07, 6.45) is 0.929. The first kappa shape index (κ1) is 9.97. The molecule has 5 N–H and O–H groups in total. The summed E-state index contributed by atoms with van der Waals surface area (Å²) in [5, 5.41) is 18.3. The molecule has 0 unspecified atom stereocenters. The number of anilines is 1. The average Bonchev–Trinajstić information content (AvgIpc) is 2.45. The zero-order valence-corrected chi connectivity index (χ0v) is 8.45. The molecule has 1 aromatic rings. The lowest BCUT2D eigenvalue weighted by molar-refractivity contribution is 0.0561. The molecule has 0 atom stereocenters. The van der Waals surface area contributed by atoms with E-state index in [0.29, 0.717) is 24.2 Å². The molecule has 1 fully saturated rings. The fourth-order valence-electron chi connectivity index (χ4n) is 1.57. The summed E-state index contributed by atoms with van der Waals surface area (Å²) >= 11 is 0. The van der Waals surface area contributed by atoms with Gasteiger partial charge in [0.05, 0.1) is 17.5 Å². The number of aliphatic hydroxyl groups excluding tert-OH is 1. The number of hydrogen-bond donors (Lipinski definition) is 4. The van der Waals surface area contributed by atoms with Gasteiger partial charge in [-0.25, -0.2) is 0 Å². The van der Waals surface area contributed by atoms with Crippen molar-refractivity contribution in [3.05, 3.63) is 11.4 Å². The molecular formula is C9H14N4O2. The van der Waals surface area contributed by atoms with Crippen LogP contribution in [0.5, 0.6) is 0 Å². The number of amides is 1. The maximum absolute atomic E-state index is 11.6. The number of carbonyl (C=O) groups excluding carboxylic acids is 1. The van der Waals surface area contributed by atoms with Gasteiger partial charge in [0, 0.05) is 6.04 Å². The summed E-state index contributed by atoms with van der Waals surface area (Å²) in [6, 6.07) is 0.0453. The first-order chi connectivity index (χ1) is 7.08. The van der Waals surface area contributed by atoms with Gasteiger partial charge >= 0.3 is 0 Å². The van der Waals surface area contributed by atoms with Crippen LogP contribution in [0.1, 0.15) is 29.0 Å². The minimum Gasteiger partial charge on any atom is -0.395 e. The van der Waals surface area contributed by atoms with Gasteiger partial charge in [-0.05, 0) is 19.8 Å². The lowest BCUT2D eigenvalue weighted by Crippen LogP contribution is -2.46. The smallest absolute Gasteiger partial charge is 0.274 e. The SMILES string of the molecule is Cc1[nH]nc(C(=O)NC2CC(O)C2)c1N. The van der Waals surface area contributed by atoms with Crippen LogP contribution in [0.2, 0.25) is 0 Å². The molecule has 6 nitrogen and oxygen atoms in total. The summed E-state index contributed by atoms with van der Waals surface area (Å²) in [7, 11) is 0. The van der Waals surface area contributed by atoms with Crippen LogP contribution in [0.25, 0.3) is 0 Å². The molecule has 1 aliphatic carbocycles. The van der Waals surface area contributed by atoms with Crippen LogP contribution in [0.3, 0.4) is 0 Å². The van der Waals surface area contributed by atoms with Gasteiger partial charge in [-0.1, -0.05) is 0 Å². The Kier molecular flexibility index (Phi) is 2.36. The van der Waals surface area contributed by atoms with Gasteiger partial charge in [0.25, 0.3) is 5.91 Å². The topological polar surface area (TPSA) is 104 Å². The molecule has 15 heavy (non-hydrogen) atoms. The predicted octanol–water partition coefficient (Wildman–Crippen LogP) is -0.447. The van der Waals surface area contributed by atoms with E-state index in [-0.39, 0.29) is 23.7 Å². The van der Waals surface area contributed by atoms with E-state index in [1.165, 1.54) is 0 Å². The number of aliphatic hydroxyl groups is 1. The second kappa shape index (κ2) is 3.54. The highest BCUT2D eigenvalue weighted by molar-refractivity contribution is 5.97. The number of aryl methyl sites for hydroxylation is 1. The molecular weight excluding hydrogens is 196 g/mol. The lowest BCUT2D eigenvalue weighted by atomic mass is 9.89. The van der Waals surface area contributed by atoms with Crippen LogP contribution in [-0.4, -0.2) is 33.4 Å². The zero-order valence-electron chi connectivity index (χ0n) is 8.45. The van der Waals surface area contributed by atoms with E-state index in [4.69, 9.17) is 10.8 Å². The minimum absolute atomic E-state index is 0.0453. The highest BCUT2D eigenvalue weighted by Crippen LogP contribution is 2.20. The Balaban J connectivity index is 1.99. The van der Waals surface area contributed by atoms with E-state index in [2.05, 4.69) is 15.5 Å². The van der Waals surface area contributed by atoms with Crippen molar-refractivity contribution in [3.63, 3.8) is 0 Å². The summed E-state index contributed by atoms with van der Waals surface area (Å²) in [5.74, 6) is -0.284. The standard InChI is InChI=1S/C9H14N4O2/c1-4-7(10)8(13-12-4)9(15)11-5-2-6(14)3-5/h5-6,14H,2-3,10H2,1H3,(H,11,15)(H,12,13). The Morgan fingerprint density at radius 1 is 1.67 bits per heavy atom. The number of carbonyl (C=O) groups is 1. The average molecular weight is 210 g/mol. The predicted molar refractivity (Wildman–Crippen MR) is 54.2 cm³/mol. The number of nitrogens with zero attached hydrogens (tertiary/aromatic N) is 1. The highest BCUT2D eigenvalue weighted by atomic mass is 16.3. The molecule has 1 saturated carbocycles. The zero-order chi connectivity index (χ0) is 11.0. The van der Waals surface area contributed by atoms with E-state index in [9.17, 15) is 4.79 Å². The molecule has 1 heterocycles. The highest BCUT2D eigenvalue weighted by Gasteiger charge is 2.29. The summed E-state index contributed by atoms with van der Waals surface area (Å²) in [5.41, 5.74) is 6.96. The number of nitrogens with one attached hydrogen (secondary N) is 2. The number of H-pyrrole nitrogens is 1. The molecule has 0 bridgehead atoms. The Morgan fingerprint density at radius 3 is 2.80 bits per heavy atom. The number of hydrogen-bond acceptors (Lipinski definition) is 4. The maximum Gasteiger partial charge on any atom is 0.274 e. The van der Waals surface area contributed by atoms with Crippen molar-refractivity contribution >= 4 is 11.6 Å². The molecule has 2 rings (SSSR count). The molecule has 1 aromatic heterocycles. The fraction of sp³-hybridized carbons (Fsp3) is 0.556. The van der Waals surface area contributed by atoms with Gasteiger partial charge in [-0.15, -0.1) is 0 Å². The van der Waals surface area contributed by atoms with Crippen molar-refractivity contribution in [2.45, 2.75) is 31.9 Å². The molecule has 1 aliphatic rings. The van der Waals surface area contributed by atoms with Crippen molar-refractivity contribution in [3.8, 4) is 0 Å². The Bertz CT molecular complexity index is 381. The Labute approximate surface area is 86.9 Å². The molecule has 0 aliphatic heterocycles. The van der Waals surface area contributed by atoms with Gasteiger partial charge in [0.1, 0.15) is 0 Å². The third kappa shape index (κ3) is 1.80. The number of rotatable bonds is 2. The third-order valence-corrected chi connectivity index (χ3v) is 2.66. The monoisotopic (exact) mass is 210 g/mol. The second-order valence-corrected chi connectivity index (χ2v) is 3.91. The number of aromatic amines is 1. The second-order valence-electron chi connectivity index (χ2n) is 3.91. The van der Waals surface area contributed by atoms with Crippen LogP contribution in [0.15, 0.2) is 0 Å². The van der Waals surface area contributed by atoms with Crippen LogP contribution >= 0.6 is 0 Å². The van der Waals surface area contributed by atoms with Crippen LogP contribution in [0.4, 0.5) is 5.69 Å². The van der Waals surface area contributed by atoms with Gasteiger partial charge in [0.2, 0.25) is 0 Å². The molecule has 0 saturated heterocycles. The molecule has 82 valence electrons. The lowest BCUT2D eigenvalue weighted by Gasteiger charge is -2.31. The van der Waals surface area contributed by atoms with E-state index in [1.807, 2.05) is 0 Å². The van der Waals surface area contributed by atoms with Crippen molar-refractivity contribution in [2.24, 2.45) is 0 Å². The quantitative estimate of drug-likeness (QED) is 0.531. The molecule has 1 amide bonds. The van der Waals surface area contributed by atoms with Gasteiger partial charge in [-0.2, -0.15) is 5.10 Å². The fourth-order valence-corrected chi connectivity index (χ4v) is 1.57.